The fraction of sp³-hybridized carbons (Fsp3) is 0.118. The Hall–Kier alpha value is -1.86. The van der Waals surface area contributed by atoms with Gasteiger partial charge < -0.3 is 0 Å². The molecule has 3 rings (SSSR count). The van der Waals surface area contributed by atoms with Crippen molar-refractivity contribution in [1.82, 2.24) is 4.98 Å². The molecule has 2 aromatic carbocycles. The van der Waals surface area contributed by atoms with Crippen molar-refractivity contribution in [3.05, 3.63) is 64.7 Å². The van der Waals surface area contributed by atoms with E-state index in [9.17, 15) is 0 Å². The van der Waals surface area contributed by atoms with Gasteiger partial charge in [-0.1, -0.05) is 53.6 Å². The number of halogens is 1. The highest BCUT2D eigenvalue weighted by Gasteiger charge is 2.06. The molecule has 0 fully saturated rings. The summed E-state index contributed by atoms with van der Waals surface area (Å²) in [5.41, 5.74) is 5.39. The number of fused-ring (bicyclic) bond motifs is 1. The molecule has 0 aliphatic heterocycles. The number of pyridine rings is 1. The van der Waals surface area contributed by atoms with Crippen molar-refractivity contribution in [2.45, 2.75) is 13.8 Å². The number of aryl methyl sites for hydroxylation is 2. The number of hydrogen-bond donors (Lipinski definition) is 0. The van der Waals surface area contributed by atoms with Crippen LogP contribution in [0.3, 0.4) is 0 Å². The molecular weight excluding hydrogens is 254 g/mol. The summed E-state index contributed by atoms with van der Waals surface area (Å²) in [5, 5.41) is 1.75. The van der Waals surface area contributed by atoms with Gasteiger partial charge in [0.05, 0.1) is 16.2 Å². The van der Waals surface area contributed by atoms with Crippen LogP contribution in [-0.4, -0.2) is 4.98 Å². The van der Waals surface area contributed by atoms with Gasteiger partial charge in [-0.2, -0.15) is 0 Å². The smallest absolute Gasteiger partial charge is 0.0727 e. The van der Waals surface area contributed by atoms with E-state index in [0.717, 1.165) is 27.2 Å². The van der Waals surface area contributed by atoms with Crippen LogP contribution in [0.25, 0.3) is 22.2 Å². The highest BCUT2D eigenvalue weighted by molar-refractivity contribution is 6.35. The minimum Gasteiger partial charge on any atom is -0.248 e. The van der Waals surface area contributed by atoms with E-state index in [1.807, 2.05) is 12.1 Å². The maximum atomic E-state index is 6.36. The van der Waals surface area contributed by atoms with Crippen molar-refractivity contribution < 1.29 is 0 Å². The summed E-state index contributed by atoms with van der Waals surface area (Å²) < 4.78 is 0. The Morgan fingerprint density at radius 2 is 1.53 bits per heavy atom. The molecule has 0 saturated carbocycles. The normalized spacial score (nSPS) is 10.9. The molecule has 1 aromatic heterocycles. The summed E-state index contributed by atoms with van der Waals surface area (Å²) in [4.78, 5) is 4.71. The predicted molar refractivity (Wildman–Crippen MR) is 81.7 cm³/mol. The molecule has 0 radical (unpaired) electrons. The first kappa shape index (κ1) is 12.2. The molecule has 3 aromatic rings. The van der Waals surface area contributed by atoms with Crippen LogP contribution in [0.15, 0.2) is 48.5 Å². The molecule has 0 saturated heterocycles. The van der Waals surface area contributed by atoms with Crippen molar-refractivity contribution >= 4 is 22.5 Å². The predicted octanol–water partition coefficient (Wildman–Crippen LogP) is 5.17. The molecule has 0 bridgehead atoms. The van der Waals surface area contributed by atoms with E-state index < -0.39 is 0 Å². The largest absolute Gasteiger partial charge is 0.248 e. The molecule has 0 atom stereocenters. The zero-order chi connectivity index (χ0) is 13.4. The third kappa shape index (κ3) is 2.34. The lowest BCUT2D eigenvalue weighted by molar-refractivity contribution is 1.37. The van der Waals surface area contributed by atoms with Crippen molar-refractivity contribution in [1.29, 1.82) is 0 Å². The maximum Gasteiger partial charge on any atom is 0.0727 e. The minimum absolute atomic E-state index is 0.751. The Morgan fingerprint density at radius 3 is 2.26 bits per heavy atom. The number of benzene rings is 2. The molecule has 0 N–H and O–H groups in total. The minimum atomic E-state index is 0.751. The SMILES string of the molecule is Cc1ccc(-c2cc(Cl)c3ccc(C)cc3n2)cc1. The first-order chi connectivity index (χ1) is 9.13. The van der Waals surface area contributed by atoms with Gasteiger partial charge >= 0.3 is 0 Å². The molecule has 0 unspecified atom stereocenters. The van der Waals surface area contributed by atoms with E-state index in [1.54, 1.807) is 0 Å². The zero-order valence-electron chi connectivity index (χ0n) is 10.9. The van der Waals surface area contributed by atoms with Crippen LogP contribution in [-0.2, 0) is 0 Å². The van der Waals surface area contributed by atoms with Crippen LogP contribution in [0.2, 0.25) is 5.02 Å². The average Bonchev–Trinajstić information content (AvgIpc) is 2.38. The summed E-state index contributed by atoms with van der Waals surface area (Å²) in [6.07, 6.45) is 0. The van der Waals surface area contributed by atoms with Crippen LogP contribution in [0.5, 0.6) is 0 Å². The van der Waals surface area contributed by atoms with Gasteiger partial charge in [0.2, 0.25) is 0 Å². The monoisotopic (exact) mass is 267 g/mol. The molecule has 94 valence electrons. The van der Waals surface area contributed by atoms with Crippen molar-refractivity contribution in [3.63, 3.8) is 0 Å². The van der Waals surface area contributed by atoms with Gasteiger partial charge in [-0.3, -0.25) is 0 Å². The molecule has 0 aliphatic carbocycles. The summed E-state index contributed by atoms with van der Waals surface area (Å²) in [6.45, 7) is 4.14. The second-order valence-corrected chi connectivity index (χ2v) is 5.28. The van der Waals surface area contributed by atoms with E-state index in [-0.39, 0.29) is 0 Å². The first-order valence-electron chi connectivity index (χ1n) is 6.27. The highest BCUT2D eigenvalue weighted by atomic mass is 35.5. The molecular formula is C17H14ClN. The van der Waals surface area contributed by atoms with Gasteiger partial charge in [-0.25, -0.2) is 4.98 Å². The van der Waals surface area contributed by atoms with E-state index in [2.05, 4.69) is 50.2 Å². The van der Waals surface area contributed by atoms with Crippen LogP contribution in [0.1, 0.15) is 11.1 Å². The van der Waals surface area contributed by atoms with Gasteiger partial charge in [-0.15, -0.1) is 0 Å². The Labute approximate surface area is 117 Å². The quantitative estimate of drug-likeness (QED) is 0.593. The Kier molecular flexibility index (Phi) is 3.00. The third-order valence-electron chi connectivity index (χ3n) is 3.26. The molecule has 1 heterocycles. The van der Waals surface area contributed by atoms with Crippen LogP contribution in [0.4, 0.5) is 0 Å². The lowest BCUT2D eigenvalue weighted by atomic mass is 10.1. The van der Waals surface area contributed by atoms with Gasteiger partial charge in [0.15, 0.2) is 0 Å². The Morgan fingerprint density at radius 1 is 0.842 bits per heavy atom. The Balaban J connectivity index is 2.22. The van der Waals surface area contributed by atoms with E-state index in [0.29, 0.717) is 0 Å². The van der Waals surface area contributed by atoms with Crippen molar-refractivity contribution in [2.75, 3.05) is 0 Å². The molecule has 0 amide bonds. The fourth-order valence-electron chi connectivity index (χ4n) is 2.17. The molecule has 0 aliphatic rings. The number of hydrogen-bond acceptors (Lipinski definition) is 1. The topological polar surface area (TPSA) is 12.9 Å². The molecule has 1 nitrogen and oxygen atoms in total. The first-order valence-corrected chi connectivity index (χ1v) is 6.65. The van der Waals surface area contributed by atoms with Gasteiger partial charge in [-0.05, 0) is 31.5 Å². The molecule has 19 heavy (non-hydrogen) atoms. The van der Waals surface area contributed by atoms with E-state index in [1.165, 1.54) is 11.1 Å². The van der Waals surface area contributed by atoms with Crippen LogP contribution < -0.4 is 0 Å². The van der Waals surface area contributed by atoms with E-state index in [4.69, 9.17) is 16.6 Å². The molecule has 0 spiro atoms. The van der Waals surface area contributed by atoms with Crippen LogP contribution >= 0.6 is 11.6 Å². The Bertz CT molecular complexity index is 745. The van der Waals surface area contributed by atoms with Crippen LogP contribution in [0, 0.1) is 13.8 Å². The summed E-state index contributed by atoms with van der Waals surface area (Å²) in [7, 11) is 0. The van der Waals surface area contributed by atoms with Gasteiger partial charge in [0.25, 0.3) is 0 Å². The summed E-state index contributed by atoms with van der Waals surface area (Å²) >= 11 is 6.36. The lowest BCUT2D eigenvalue weighted by Crippen LogP contribution is -1.87. The summed E-state index contributed by atoms with van der Waals surface area (Å²) in [6, 6.07) is 16.4. The lowest BCUT2D eigenvalue weighted by Gasteiger charge is -2.06. The van der Waals surface area contributed by atoms with Crippen molar-refractivity contribution in [2.24, 2.45) is 0 Å². The van der Waals surface area contributed by atoms with Gasteiger partial charge in [0.1, 0.15) is 0 Å². The number of aromatic nitrogens is 1. The van der Waals surface area contributed by atoms with Gasteiger partial charge in [0, 0.05) is 10.9 Å². The second-order valence-electron chi connectivity index (χ2n) is 4.88. The highest BCUT2D eigenvalue weighted by Crippen LogP contribution is 2.28. The summed E-state index contributed by atoms with van der Waals surface area (Å²) in [5.74, 6) is 0. The van der Waals surface area contributed by atoms with E-state index >= 15 is 0 Å². The molecule has 2 heteroatoms. The maximum absolute atomic E-state index is 6.36. The fourth-order valence-corrected chi connectivity index (χ4v) is 2.43. The standard InChI is InChI=1S/C17H14ClN/c1-11-3-6-13(7-4-11)16-10-15(18)14-8-5-12(2)9-17(14)19-16/h3-10H,1-2H3. The zero-order valence-corrected chi connectivity index (χ0v) is 11.7. The van der Waals surface area contributed by atoms with Crippen molar-refractivity contribution in [3.8, 4) is 11.3 Å². The number of nitrogens with zero attached hydrogens (tertiary/aromatic N) is 1. The third-order valence-corrected chi connectivity index (χ3v) is 3.57. The number of rotatable bonds is 1. The average molecular weight is 268 g/mol. The second kappa shape index (κ2) is 4.67.